The highest BCUT2D eigenvalue weighted by Gasteiger charge is 2.05. The van der Waals surface area contributed by atoms with Gasteiger partial charge in [0.05, 0.1) is 0 Å². The zero-order valence-electron chi connectivity index (χ0n) is 11.6. The number of hydrogen-bond acceptors (Lipinski definition) is 2. The largest absolute Gasteiger partial charge is 0.326 e. The lowest BCUT2D eigenvalue weighted by Crippen LogP contribution is -2.25. The highest BCUT2D eigenvalue weighted by Crippen LogP contribution is 2.15. The summed E-state index contributed by atoms with van der Waals surface area (Å²) in [6.07, 6.45) is 1.45. The average molecular weight is 248 g/mol. The molecule has 2 N–H and O–H groups in total. The van der Waals surface area contributed by atoms with Gasteiger partial charge >= 0.3 is 0 Å². The van der Waals surface area contributed by atoms with Gasteiger partial charge in [-0.3, -0.25) is 4.79 Å². The predicted octanol–water partition coefficient (Wildman–Crippen LogP) is 2.82. The standard InChI is InChI=1S/C15H24N2O/c1-4-13-7-5-6-8-14(13)17-15(18)9-10-16-11-12(2)3/h5-8,12,16H,4,9-11H2,1-3H3,(H,17,18). The van der Waals surface area contributed by atoms with Crippen LogP contribution >= 0.6 is 0 Å². The van der Waals surface area contributed by atoms with Crippen molar-refractivity contribution in [2.45, 2.75) is 33.6 Å². The molecular formula is C15H24N2O. The second-order valence-electron chi connectivity index (χ2n) is 4.91. The first-order valence-electron chi connectivity index (χ1n) is 6.72. The Hall–Kier alpha value is -1.35. The number of amides is 1. The van der Waals surface area contributed by atoms with Crippen molar-refractivity contribution < 1.29 is 4.79 Å². The van der Waals surface area contributed by atoms with E-state index in [9.17, 15) is 4.79 Å². The molecule has 0 radical (unpaired) electrons. The number of carbonyl (C=O) groups excluding carboxylic acids is 1. The van der Waals surface area contributed by atoms with Crippen LogP contribution in [-0.4, -0.2) is 19.0 Å². The third-order valence-corrected chi connectivity index (χ3v) is 2.75. The highest BCUT2D eigenvalue weighted by molar-refractivity contribution is 5.91. The first-order valence-corrected chi connectivity index (χ1v) is 6.72. The summed E-state index contributed by atoms with van der Waals surface area (Å²) < 4.78 is 0. The maximum absolute atomic E-state index is 11.8. The highest BCUT2D eigenvalue weighted by atomic mass is 16.1. The Labute approximate surface area is 110 Å². The molecule has 100 valence electrons. The minimum atomic E-state index is 0.0761. The molecule has 0 spiro atoms. The van der Waals surface area contributed by atoms with Gasteiger partial charge in [-0.05, 0) is 30.5 Å². The summed E-state index contributed by atoms with van der Waals surface area (Å²) in [5, 5.41) is 6.24. The molecule has 0 unspecified atom stereocenters. The molecule has 0 atom stereocenters. The fourth-order valence-corrected chi connectivity index (χ4v) is 1.76. The second kappa shape index (κ2) is 7.88. The Morgan fingerprint density at radius 1 is 1.28 bits per heavy atom. The van der Waals surface area contributed by atoms with Crippen LogP contribution in [0.1, 0.15) is 32.8 Å². The van der Waals surface area contributed by atoms with Crippen molar-refractivity contribution in [3.8, 4) is 0 Å². The molecule has 1 amide bonds. The number of benzene rings is 1. The molecule has 0 aliphatic rings. The predicted molar refractivity (Wildman–Crippen MR) is 76.8 cm³/mol. The van der Waals surface area contributed by atoms with Crippen LogP contribution in [0.5, 0.6) is 0 Å². The van der Waals surface area contributed by atoms with Crippen molar-refractivity contribution >= 4 is 11.6 Å². The van der Waals surface area contributed by atoms with E-state index >= 15 is 0 Å². The molecule has 0 fully saturated rings. The SMILES string of the molecule is CCc1ccccc1NC(=O)CCNCC(C)C. The van der Waals surface area contributed by atoms with Gasteiger partial charge in [-0.1, -0.05) is 39.0 Å². The van der Waals surface area contributed by atoms with Gasteiger partial charge in [0.25, 0.3) is 0 Å². The van der Waals surface area contributed by atoms with Gasteiger partial charge in [0, 0.05) is 18.7 Å². The van der Waals surface area contributed by atoms with Crippen molar-refractivity contribution in [2.24, 2.45) is 5.92 Å². The number of nitrogens with one attached hydrogen (secondary N) is 2. The molecule has 3 heteroatoms. The van der Waals surface area contributed by atoms with Crippen molar-refractivity contribution in [2.75, 3.05) is 18.4 Å². The summed E-state index contributed by atoms with van der Waals surface area (Å²) in [6.45, 7) is 8.10. The number of hydrogen-bond donors (Lipinski definition) is 2. The fourth-order valence-electron chi connectivity index (χ4n) is 1.76. The van der Waals surface area contributed by atoms with Crippen LogP contribution in [0.25, 0.3) is 0 Å². The summed E-state index contributed by atoms with van der Waals surface area (Å²) in [5.41, 5.74) is 2.12. The molecule has 18 heavy (non-hydrogen) atoms. The van der Waals surface area contributed by atoms with Crippen LogP contribution in [0.3, 0.4) is 0 Å². The topological polar surface area (TPSA) is 41.1 Å². The van der Waals surface area contributed by atoms with Crippen molar-refractivity contribution in [1.82, 2.24) is 5.32 Å². The minimum absolute atomic E-state index is 0.0761. The van der Waals surface area contributed by atoms with Gasteiger partial charge < -0.3 is 10.6 Å². The Kier molecular flexibility index (Phi) is 6.44. The lowest BCUT2D eigenvalue weighted by atomic mass is 10.1. The Bertz CT molecular complexity index is 375. The molecule has 0 heterocycles. The van der Waals surface area contributed by atoms with Gasteiger partial charge in [-0.2, -0.15) is 0 Å². The zero-order chi connectivity index (χ0) is 13.4. The maximum Gasteiger partial charge on any atom is 0.225 e. The van der Waals surface area contributed by atoms with Gasteiger partial charge in [0.1, 0.15) is 0 Å². The average Bonchev–Trinajstić information content (AvgIpc) is 2.35. The maximum atomic E-state index is 11.8. The molecule has 0 saturated heterocycles. The molecule has 0 saturated carbocycles. The van der Waals surface area contributed by atoms with Gasteiger partial charge in [-0.25, -0.2) is 0 Å². The minimum Gasteiger partial charge on any atom is -0.326 e. The van der Waals surface area contributed by atoms with Gasteiger partial charge in [0.2, 0.25) is 5.91 Å². The molecule has 0 aliphatic heterocycles. The molecule has 1 rings (SSSR count). The second-order valence-corrected chi connectivity index (χ2v) is 4.91. The Morgan fingerprint density at radius 3 is 2.67 bits per heavy atom. The Morgan fingerprint density at radius 2 is 2.00 bits per heavy atom. The summed E-state index contributed by atoms with van der Waals surface area (Å²) in [7, 11) is 0. The van der Waals surface area contributed by atoms with Crippen LogP contribution in [0.15, 0.2) is 24.3 Å². The zero-order valence-corrected chi connectivity index (χ0v) is 11.6. The smallest absolute Gasteiger partial charge is 0.225 e. The van der Waals surface area contributed by atoms with Crippen LogP contribution in [0.4, 0.5) is 5.69 Å². The molecule has 1 aromatic rings. The van der Waals surface area contributed by atoms with E-state index in [-0.39, 0.29) is 5.91 Å². The number of para-hydroxylation sites is 1. The van der Waals surface area contributed by atoms with E-state index in [1.807, 2.05) is 24.3 Å². The van der Waals surface area contributed by atoms with E-state index in [1.165, 1.54) is 5.56 Å². The van der Waals surface area contributed by atoms with E-state index < -0.39 is 0 Å². The fraction of sp³-hybridized carbons (Fsp3) is 0.533. The Balaban J connectivity index is 2.35. The van der Waals surface area contributed by atoms with Crippen LogP contribution in [0.2, 0.25) is 0 Å². The number of aryl methyl sites for hydroxylation is 1. The van der Waals surface area contributed by atoms with E-state index in [2.05, 4.69) is 31.4 Å². The first-order chi connectivity index (χ1) is 8.63. The van der Waals surface area contributed by atoms with E-state index in [1.54, 1.807) is 0 Å². The quantitative estimate of drug-likeness (QED) is 0.729. The molecule has 0 aliphatic carbocycles. The van der Waals surface area contributed by atoms with Crippen LogP contribution in [-0.2, 0) is 11.2 Å². The lowest BCUT2D eigenvalue weighted by molar-refractivity contribution is -0.116. The van der Waals surface area contributed by atoms with Crippen molar-refractivity contribution in [3.63, 3.8) is 0 Å². The van der Waals surface area contributed by atoms with Crippen LogP contribution in [0, 0.1) is 5.92 Å². The molecule has 0 bridgehead atoms. The van der Waals surface area contributed by atoms with Crippen molar-refractivity contribution in [1.29, 1.82) is 0 Å². The molecular weight excluding hydrogens is 224 g/mol. The number of rotatable bonds is 7. The lowest BCUT2D eigenvalue weighted by Gasteiger charge is -2.10. The van der Waals surface area contributed by atoms with Crippen LogP contribution < -0.4 is 10.6 Å². The van der Waals surface area contributed by atoms with Gasteiger partial charge in [0.15, 0.2) is 0 Å². The third-order valence-electron chi connectivity index (χ3n) is 2.75. The number of carbonyl (C=O) groups is 1. The van der Waals surface area contributed by atoms with E-state index in [4.69, 9.17) is 0 Å². The van der Waals surface area contributed by atoms with E-state index in [0.29, 0.717) is 12.3 Å². The molecule has 1 aromatic carbocycles. The van der Waals surface area contributed by atoms with Crippen molar-refractivity contribution in [3.05, 3.63) is 29.8 Å². The summed E-state index contributed by atoms with van der Waals surface area (Å²) >= 11 is 0. The number of anilines is 1. The third kappa shape index (κ3) is 5.32. The summed E-state index contributed by atoms with van der Waals surface area (Å²) in [4.78, 5) is 11.8. The van der Waals surface area contributed by atoms with E-state index in [0.717, 1.165) is 25.2 Å². The monoisotopic (exact) mass is 248 g/mol. The molecule has 0 aromatic heterocycles. The summed E-state index contributed by atoms with van der Waals surface area (Å²) in [6, 6.07) is 7.95. The summed E-state index contributed by atoms with van der Waals surface area (Å²) in [5.74, 6) is 0.695. The first kappa shape index (κ1) is 14.7. The molecule has 3 nitrogen and oxygen atoms in total. The normalized spacial score (nSPS) is 10.7. The van der Waals surface area contributed by atoms with Gasteiger partial charge in [-0.15, -0.1) is 0 Å².